The maximum atomic E-state index is 13.9. The fraction of sp³-hybridized carbons (Fsp3) is 0.400. The van der Waals surface area contributed by atoms with Gasteiger partial charge in [0.2, 0.25) is 5.91 Å². The van der Waals surface area contributed by atoms with E-state index in [4.69, 9.17) is 5.73 Å². The summed E-state index contributed by atoms with van der Waals surface area (Å²) in [6, 6.07) is 26.5. The lowest BCUT2D eigenvalue weighted by Gasteiger charge is -2.35. The molecule has 2 atom stereocenters. The Morgan fingerprint density at radius 2 is 1.26 bits per heavy atom. The first-order chi connectivity index (χ1) is 20.0. The van der Waals surface area contributed by atoms with Gasteiger partial charge in [0, 0.05) is 25.9 Å². The molecule has 0 aliphatic carbocycles. The molecule has 224 valence electrons. The average molecular weight is 572 g/mol. The zero-order valence-corrected chi connectivity index (χ0v) is 25.3. The van der Waals surface area contributed by atoms with E-state index in [1.54, 1.807) is 4.90 Å². The molecule has 7 heteroatoms. The number of nitrogens with one attached hydrogen (secondary N) is 1. The van der Waals surface area contributed by atoms with E-state index in [0.29, 0.717) is 18.9 Å². The van der Waals surface area contributed by atoms with E-state index >= 15 is 0 Å². The van der Waals surface area contributed by atoms with E-state index in [9.17, 15) is 19.5 Å². The smallest absolute Gasteiger partial charge is 0.330 e. The lowest BCUT2D eigenvalue weighted by atomic mass is 9.84. The number of aliphatic carboxylic acids is 1. The van der Waals surface area contributed by atoms with Crippen molar-refractivity contribution in [2.45, 2.75) is 58.9 Å². The number of rotatable bonds is 15. The van der Waals surface area contributed by atoms with Crippen molar-refractivity contribution >= 4 is 17.9 Å². The maximum Gasteiger partial charge on any atom is 0.330 e. The first kappa shape index (κ1) is 32.4. The Bertz CT molecular complexity index is 1290. The lowest BCUT2D eigenvalue weighted by Crippen LogP contribution is -2.61. The van der Waals surface area contributed by atoms with Crippen LogP contribution in [0, 0.1) is 17.8 Å². The van der Waals surface area contributed by atoms with Gasteiger partial charge in [-0.1, -0.05) is 119 Å². The van der Waals surface area contributed by atoms with Gasteiger partial charge in [-0.25, -0.2) is 9.59 Å². The molecule has 7 nitrogen and oxygen atoms in total. The van der Waals surface area contributed by atoms with Crippen LogP contribution >= 0.6 is 0 Å². The Morgan fingerprint density at radius 1 is 0.738 bits per heavy atom. The Hall–Kier alpha value is -4.13. The minimum absolute atomic E-state index is 0.0835. The number of hydrogen-bond donors (Lipinski definition) is 3. The van der Waals surface area contributed by atoms with Crippen LogP contribution in [0.1, 0.15) is 51.7 Å². The van der Waals surface area contributed by atoms with Crippen LogP contribution < -0.4 is 11.1 Å². The molecular weight excluding hydrogens is 526 g/mol. The van der Waals surface area contributed by atoms with Crippen molar-refractivity contribution in [2.24, 2.45) is 23.5 Å². The third kappa shape index (κ3) is 9.47. The van der Waals surface area contributed by atoms with E-state index in [1.807, 2.05) is 98.8 Å². The molecule has 0 bridgehead atoms. The molecule has 0 saturated heterocycles. The number of amides is 3. The molecule has 0 spiro atoms. The summed E-state index contributed by atoms with van der Waals surface area (Å²) in [5.74, 6) is -1.60. The van der Waals surface area contributed by atoms with E-state index in [-0.39, 0.29) is 25.3 Å². The van der Waals surface area contributed by atoms with Gasteiger partial charge < -0.3 is 21.1 Å². The van der Waals surface area contributed by atoms with E-state index in [0.717, 1.165) is 28.7 Å². The summed E-state index contributed by atoms with van der Waals surface area (Å²) in [6.45, 7) is 8.62. The summed E-state index contributed by atoms with van der Waals surface area (Å²) in [4.78, 5) is 40.9. The van der Waals surface area contributed by atoms with Gasteiger partial charge in [-0.15, -0.1) is 0 Å². The number of nitrogens with two attached hydrogens (primary N) is 1. The molecular formula is C35H45N3O4. The van der Waals surface area contributed by atoms with Crippen LogP contribution in [0.15, 0.2) is 84.9 Å². The molecule has 0 saturated carbocycles. The highest BCUT2D eigenvalue weighted by Gasteiger charge is 2.42. The summed E-state index contributed by atoms with van der Waals surface area (Å²) in [5, 5.41) is 13.6. The molecule has 4 N–H and O–H groups in total. The van der Waals surface area contributed by atoms with Crippen LogP contribution in [0.3, 0.4) is 0 Å². The van der Waals surface area contributed by atoms with Gasteiger partial charge >= 0.3 is 12.0 Å². The monoisotopic (exact) mass is 571 g/mol. The number of hydrogen-bond acceptors (Lipinski definition) is 3. The number of carboxylic acids is 1. The molecule has 0 aliphatic rings. The third-order valence-corrected chi connectivity index (χ3v) is 7.48. The van der Waals surface area contributed by atoms with Crippen molar-refractivity contribution in [1.82, 2.24) is 10.2 Å². The number of primary amides is 1. The molecule has 0 heterocycles. The van der Waals surface area contributed by atoms with Gasteiger partial charge in [0.15, 0.2) is 0 Å². The average Bonchev–Trinajstić information content (AvgIpc) is 2.95. The second-order valence-corrected chi connectivity index (χ2v) is 12.1. The van der Waals surface area contributed by atoms with Gasteiger partial charge in [0.1, 0.15) is 5.54 Å². The van der Waals surface area contributed by atoms with Crippen LogP contribution in [-0.4, -0.2) is 46.5 Å². The van der Waals surface area contributed by atoms with Crippen molar-refractivity contribution in [3.05, 3.63) is 96.1 Å². The molecule has 0 radical (unpaired) electrons. The molecule has 0 aromatic heterocycles. The predicted octanol–water partition coefficient (Wildman–Crippen LogP) is 6.17. The van der Waals surface area contributed by atoms with E-state index < -0.39 is 29.4 Å². The number of urea groups is 1. The lowest BCUT2D eigenvalue weighted by molar-refractivity contribution is -0.144. The normalized spacial score (nSPS) is 13.4. The van der Waals surface area contributed by atoms with Gasteiger partial charge in [-0.05, 0) is 40.5 Å². The number of nitrogens with zero attached hydrogens (tertiary/aromatic N) is 1. The van der Waals surface area contributed by atoms with Gasteiger partial charge in [0.25, 0.3) is 0 Å². The van der Waals surface area contributed by atoms with Gasteiger partial charge in [-0.2, -0.15) is 0 Å². The zero-order valence-electron chi connectivity index (χ0n) is 25.3. The highest BCUT2D eigenvalue weighted by atomic mass is 16.4. The van der Waals surface area contributed by atoms with Crippen LogP contribution in [0.5, 0.6) is 0 Å². The molecule has 0 fully saturated rings. The summed E-state index contributed by atoms with van der Waals surface area (Å²) >= 11 is 0. The van der Waals surface area contributed by atoms with Crippen molar-refractivity contribution < 1.29 is 19.5 Å². The number of carboxylic acid groups (broad SMARTS) is 1. The minimum Gasteiger partial charge on any atom is -0.479 e. The quantitative estimate of drug-likeness (QED) is 0.203. The van der Waals surface area contributed by atoms with Crippen molar-refractivity contribution in [3.63, 3.8) is 0 Å². The molecule has 3 amide bonds. The highest BCUT2D eigenvalue weighted by Crippen LogP contribution is 2.25. The fourth-order valence-corrected chi connectivity index (χ4v) is 5.18. The Balaban J connectivity index is 1.94. The number of carbonyl (C=O) groups is 3. The summed E-state index contributed by atoms with van der Waals surface area (Å²) < 4.78 is 0. The Kier molecular flexibility index (Phi) is 11.7. The first-order valence-electron chi connectivity index (χ1n) is 14.8. The van der Waals surface area contributed by atoms with Crippen LogP contribution in [-0.2, 0) is 22.4 Å². The largest absolute Gasteiger partial charge is 0.479 e. The van der Waals surface area contributed by atoms with Crippen molar-refractivity contribution in [3.8, 4) is 11.1 Å². The fourth-order valence-electron chi connectivity index (χ4n) is 5.18. The molecule has 42 heavy (non-hydrogen) atoms. The standard InChI is InChI=1S/C35H45N3O4/c1-25(2)15-18-31(32(36)39)24-38(23-26(3)4)34(42)37-35(33(40)41,21-27-11-7-5-8-12-27)22-28-16-19-30(20-17-28)29-13-9-6-10-14-29/h5-14,16-17,19-20,25-26,31H,15,18,21-24H2,1-4H3,(H2,36,39)(H,37,42)(H,40,41)/t31?,35-/m0/s1. The summed E-state index contributed by atoms with van der Waals surface area (Å²) in [7, 11) is 0. The van der Waals surface area contributed by atoms with Crippen LogP contribution in [0.25, 0.3) is 11.1 Å². The predicted molar refractivity (Wildman–Crippen MR) is 168 cm³/mol. The third-order valence-electron chi connectivity index (χ3n) is 7.48. The van der Waals surface area contributed by atoms with Crippen LogP contribution in [0.4, 0.5) is 4.79 Å². The number of benzene rings is 3. The van der Waals surface area contributed by atoms with Crippen LogP contribution in [0.2, 0.25) is 0 Å². The summed E-state index contributed by atoms with van der Waals surface area (Å²) in [6.07, 6.45) is 1.55. The topological polar surface area (TPSA) is 113 Å². The Morgan fingerprint density at radius 3 is 1.76 bits per heavy atom. The molecule has 3 aromatic rings. The highest BCUT2D eigenvalue weighted by molar-refractivity contribution is 5.87. The molecule has 3 rings (SSSR count). The van der Waals surface area contributed by atoms with E-state index in [1.165, 1.54) is 0 Å². The Labute approximate surface area is 250 Å². The van der Waals surface area contributed by atoms with Gasteiger partial charge in [0.05, 0.1) is 5.92 Å². The molecule has 3 aromatic carbocycles. The molecule has 0 aliphatic heterocycles. The van der Waals surface area contributed by atoms with Crippen molar-refractivity contribution in [1.29, 1.82) is 0 Å². The second kappa shape index (κ2) is 15.2. The van der Waals surface area contributed by atoms with E-state index in [2.05, 4.69) is 19.2 Å². The zero-order chi connectivity index (χ0) is 30.7. The SMILES string of the molecule is CC(C)CCC(CN(CC(C)C)C(=O)N[C@@](Cc1ccccc1)(Cc1ccc(-c2ccccc2)cc1)C(=O)O)C(N)=O. The van der Waals surface area contributed by atoms with Crippen molar-refractivity contribution in [2.75, 3.05) is 13.1 Å². The maximum absolute atomic E-state index is 13.9. The number of carbonyl (C=O) groups excluding carboxylic acids is 2. The first-order valence-corrected chi connectivity index (χ1v) is 14.8. The van der Waals surface area contributed by atoms with Gasteiger partial charge in [-0.3, -0.25) is 4.79 Å². The second-order valence-electron chi connectivity index (χ2n) is 12.1. The molecule has 1 unspecified atom stereocenters. The minimum atomic E-state index is -1.62. The summed E-state index contributed by atoms with van der Waals surface area (Å²) in [5.41, 5.74) is 7.79.